The van der Waals surface area contributed by atoms with Crippen molar-refractivity contribution in [1.29, 1.82) is 0 Å². The van der Waals surface area contributed by atoms with E-state index in [2.05, 4.69) is 11.9 Å². The van der Waals surface area contributed by atoms with Gasteiger partial charge in [-0.05, 0) is 43.5 Å². The Bertz CT molecular complexity index is 853. The summed E-state index contributed by atoms with van der Waals surface area (Å²) in [5.74, 6) is -0.584. The van der Waals surface area contributed by atoms with Gasteiger partial charge in [0.2, 0.25) is 5.91 Å². The van der Waals surface area contributed by atoms with Gasteiger partial charge in [-0.15, -0.1) is 0 Å². The molecule has 1 amide bonds. The molecule has 0 heterocycles. The molecule has 0 spiro atoms. The number of benzene rings is 2. The quantitative estimate of drug-likeness (QED) is 0.701. The number of aryl methyl sites for hydroxylation is 1. The molecular formula is C21H20F3NO2. The van der Waals surface area contributed by atoms with E-state index in [9.17, 15) is 18.0 Å². The molecule has 27 heavy (non-hydrogen) atoms. The van der Waals surface area contributed by atoms with E-state index in [-0.39, 0.29) is 24.0 Å². The second-order valence-corrected chi connectivity index (χ2v) is 6.71. The molecule has 2 aromatic carbocycles. The molecule has 1 aliphatic rings. The number of anilines is 1. The molecular weight excluding hydrogens is 355 g/mol. The Balaban J connectivity index is 1.84. The first-order valence-electron chi connectivity index (χ1n) is 8.60. The molecule has 6 heteroatoms. The first kappa shape index (κ1) is 19.0. The summed E-state index contributed by atoms with van der Waals surface area (Å²) in [6.07, 6.45) is -1.87. The predicted molar refractivity (Wildman–Crippen MR) is 97.9 cm³/mol. The third-order valence-corrected chi connectivity index (χ3v) is 4.69. The lowest BCUT2D eigenvalue weighted by Crippen LogP contribution is -2.28. The van der Waals surface area contributed by atoms with Crippen LogP contribution in [0, 0.1) is 6.92 Å². The minimum absolute atomic E-state index is 0.0364. The van der Waals surface area contributed by atoms with Gasteiger partial charge in [0.05, 0.1) is 11.0 Å². The van der Waals surface area contributed by atoms with Crippen LogP contribution in [-0.4, -0.2) is 12.5 Å². The molecule has 1 N–H and O–H groups in total. The van der Waals surface area contributed by atoms with Gasteiger partial charge in [-0.25, -0.2) is 0 Å². The smallest absolute Gasteiger partial charge is 0.420 e. The number of alkyl halides is 3. The fourth-order valence-electron chi connectivity index (χ4n) is 3.00. The predicted octanol–water partition coefficient (Wildman–Crippen LogP) is 5.25. The zero-order chi connectivity index (χ0) is 19.7. The molecule has 0 radical (unpaired) electrons. The minimum Gasteiger partial charge on any atom is -0.489 e. The van der Waals surface area contributed by atoms with Crippen LogP contribution < -0.4 is 10.1 Å². The summed E-state index contributed by atoms with van der Waals surface area (Å²) in [6.45, 7) is 5.35. The Labute approximate surface area is 155 Å². The zero-order valence-electron chi connectivity index (χ0n) is 14.9. The van der Waals surface area contributed by atoms with Gasteiger partial charge in [0, 0.05) is 5.69 Å². The van der Waals surface area contributed by atoms with Gasteiger partial charge < -0.3 is 10.1 Å². The molecule has 0 atom stereocenters. The number of hydrogen-bond acceptors (Lipinski definition) is 2. The molecule has 0 saturated heterocycles. The van der Waals surface area contributed by atoms with Crippen molar-refractivity contribution in [3.05, 3.63) is 71.8 Å². The number of hydrogen-bond donors (Lipinski definition) is 1. The van der Waals surface area contributed by atoms with Gasteiger partial charge >= 0.3 is 6.18 Å². The number of ether oxygens (including phenoxy) is 1. The number of rotatable bonds is 6. The monoisotopic (exact) mass is 375 g/mol. The average molecular weight is 375 g/mol. The van der Waals surface area contributed by atoms with Crippen LogP contribution in [0.5, 0.6) is 5.75 Å². The Hall–Kier alpha value is -2.76. The van der Waals surface area contributed by atoms with E-state index >= 15 is 0 Å². The van der Waals surface area contributed by atoms with Crippen molar-refractivity contribution in [1.82, 2.24) is 0 Å². The molecule has 1 saturated carbocycles. The van der Waals surface area contributed by atoms with Crippen LogP contribution in [0.15, 0.2) is 55.1 Å². The lowest BCUT2D eigenvalue weighted by atomic mass is 9.94. The minimum atomic E-state index is -4.59. The van der Waals surface area contributed by atoms with E-state index in [1.54, 1.807) is 0 Å². The average Bonchev–Trinajstić information content (AvgIpc) is 3.42. The summed E-state index contributed by atoms with van der Waals surface area (Å²) in [5, 5.41) is 2.64. The summed E-state index contributed by atoms with van der Waals surface area (Å²) >= 11 is 0. The summed E-state index contributed by atoms with van der Waals surface area (Å²) in [5.41, 5.74) is 0.468. The van der Waals surface area contributed by atoms with Crippen molar-refractivity contribution < 1.29 is 22.7 Å². The number of carbonyl (C=O) groups is 1. The first-order chi connectivity index (χ1) is 12.8. The van der Waals surface area contributed by atoms with Crippen LogP contribution in [0.4, 0.5) is 18.9 Å². The highest BCUT2D eigenvalue weighted by molar-refractivity contribution is 6.01. The Morgan fingerprint density at radius 1 is 1.22 bits per heavy atom. The van der Waals surface area contributed by atoms with Gasteiger partial charge in [-0.3, -0.25) is 4.79 Å². The fourth-order valence-corrected chi connectivity index (χ4v) is 3.00. The molecule has 142 valence electrons. The number of halogens is 3. The van der Waals surface area contributed by atoms with Crippen LogP contribution in [-0.2, 0) is 16.4 Å². The third-order valence-electron chi connectivity index (χ3n) is 4.69. The maximum absolute atomic E-state index is 13.3. The number of carbonyl (C=O) groups excluding carboxylic acids is 1. The highest BCUT2D eigenvalue weighted by Gasteiger charge is 2.51. The molecule has 3 nitrogen and oxygen atoms in total. The molecule has 3 rings (SSSR count). The summed E-state index contributed by atoms with van der Waals surface area (Å²) in [7, 11) is 0. The standard InChI is InChI=1S/C21H20F3NO2/c1-3-12-27-18-9-8-16(13-17(18)21(22,23)24)25-19(26)20(10-11-20)15-6-4-14(2)5-7-15/h3-9,13H,1,10-12H2,2H3,(H,25,26). The Kier molecular flexibility index (Phi) is 5.00. The van der Waals surface area contributed by atoms with Crippen LogP contribution in [0.2, 0.25) is 0 Å². The first-order valence-corrected chi connectivity index (χ1v) is 8.60. The van der Waals surface area contributed by atoms with Crippen molar-refractivity contribution in [2.75, 3.05) is 11.9 Å². The van der Waals surface area contributed by atoms with E-state index in [0.29, 0.717) is 12.8 Å². The molecule has 0 unspecified atom stereocenters. The van der Waals surface area contributed by atoms with Crippen molar-refractivity contribution in [3.63, 3.8) is 0 Å². The third kappa shape index (κ3) is 3.99. The zero-order valence-corrected chi connectivity index (χ0v) is 14.9. The lowest BCUT2D eigenvalue weighted by molar-refractivity contribution is -0.138. The Morgan fingerprint density at radius 3 is 2.44 bits per heavy atom. The van der Waals surface area contributed by atoms with E-state index in [4.69, 9.17) is 4.74 Å². The van der Waals surface area contributed by atoms with E-state index in [1.807, 2.05) is 31.2 Å². The topological polar surface area (TPSA) is 38.3 Å². The molecule has 0 bridgehead atoms. The largest absolute Gasteiger partial charge is 0.489 e. The van der Waals surface area contributed by atoms with Gasteiger partial charge in [0.25, 0.3) is 0 Å². The maximum Gasteiger partial charge on any atom is 0.420 e. The Morgan fingerprint density at radius 2 is 1.89 bits per heavy atom. The van der Waals surface area contributed by atoms with Crippen LogP contribution >= 0.6 is 0 Å². The SMILES string of the molecule is C=CCOc1ccc(NC(=O)C2(c3ccc(C)cc3)CC2)cc1C(F)(F)F. The second-order valence-electron chi connectivity index (χ2n) is 6.71. The number of nitrogens with one attached hydrogen (secondary N) is 1. The number of amides is 1. The second kappa shape index (κ2) is 7.10. The summed E-state index contributed by atoms with van der Waals surface area (Å²) in [4.78, 5) is 12.8. The van der Waals surface area contributed by atoms with Gasteiger partial charge in [-0.2, -0.15) is 13.2 Å². The van der Waals surface area contributed by atoms with Gasteiger partial charge in [0.1, 0.15) is 12.4 Å². The van der Waals surface area contributed by atoms with Crippen molar-refractivity contribution in [2.45, 2.75) is 31.4 Å². The van der Waals surface area contributed by atoms with Crippen molar-refractivity contribution in [2.24, 2.45) is 0 Å². The summed E-state index contributed by atoms with van der Waals surface area (Å²) < 4.78 is 45.1. The van der Waals surface area contributed by atoms with E-state index in [1.165, 1.54) is 18.2 Å². The molecule has 0 aromatic heterocycles. The molecule has 0 aliphatic heterocycles. The van der Waals surface area contributed by atoms with Gasteiger partial charge in [0.15, 0.2) is 0 Å². The van der Waals surface area contributed by atoms with Crippen LogP contribution in [0.25, 0.3) is 0 Å². The van der Waals surface area contributed by atoms with Gasteiger partial charge in [-0.1, -0.05) is 42.5 Å². The van der Waals surface area contributed by atoms with Crippen molar-refractivity contribution >= 4 is 11.6 Å². The molecule has 1 fully saturated rings. The van der Waals surface area contributed by atoms with Crippen LogP contribution in [0.1, 0.15) is 29.5 Å². The lowest BCUT2D eigenvalue weighted by Gasteiger charge is -2.18. The fraction of sp³-hybridized carbons (Fsp3) is 0.286. The highest BCUT2D eigenvalue weighted by Crippen LogP contribution is 2.49. The highest BCUT2D eigenvalue weighted by atomic mass is 19.4. The normalized spacial score (nSPS) is 15.1. The van der Waals surface area contributed by atoms with Crippen LogP contribution in [0.3, 0.4) is 0 Å². The van der Waals surface area contributed by atoms with E-state index in [0.717, 1.165) is 17.2 Å². The summed E-state index contributed by atoms with van der Waals surface area (Å²) in [6, 6.07) is 11.2. The van der Waals surface area contributed by atoms with Crippen molar-refractivity contribution in [3.8, 4) is 5.75 Å². The van der Waals surface area contributed by atoms with E-state index < -0.39 is 17.2 Å². The maximum atomic E-state index is 13.3. The molecule has 1 aliphatic carbocycles. The molecule has 2 aromatic rings.